The van der Waals surface area contributed by atoms with Gasteiger partial charge in [0, 0.05) is 19.4 Å². The van der Waals surface area contributed by atoms with Gasteiger partial charge in [-0.05, 0) is 31.1 Å². The average Bonchev–Trinajstić information content (AvgIpc) is 2.80. The smallest absolute Gasteiger partial charge is 0.306 e. The maximum absolute atomic E-state index is 12.8. The summed E-state index contributed by atoms with van der Waals surface area (Å²) in [7, 11) is 0. The van der Waals surface area contributed by atoms with E-state index in [1.54, 1.807) is 0 Å². The molecule has 1 rings (SSSR count). The number of nitrogens with one attached hydrogen (secondary N) is 1. The van der Waals surface area contributed by atoms with Crippen molar-refractivity contribution in [1.82, 2.24) is 5.32 Å². The molecule has 0 bridgehead atoms. The molecular weight excluding hydrogens is 500 g/mol. The molecule has 0 aromatic rings. The summed E-state index contributed by atoms with van der Waals surface area (Å²) in [6.45, 7) is 8.82. The lowest BCUT2D eigenvalue weighted by molar-refractivity contribution is -0.368. The Morgan fingerprint density at radius 1 is 1.00 bits per heavy atom. The highest BCUT2D eigenvalue weighted by molar-refractivity contribution is 5.77. The summed E-state index contributed by atoms with van der Waals surface area (Å²) in [5.41, 5.74) is 3.56. The minimum absolute atomic E-state index is 0. The summed E-state index contributed by atoms with van der Waals surface area (Å²) >= 11 is 0. The molecule has 1 aliphatic heterocycles. The highest BCUT2D eigenvalue weighted by Gasteiger charge is 2.48. The maximum atomic E-state index is 12.8. The van der Waals surface area contributed by atoms with Crippen molar-refractivity contribution in [1.29, 1.82) is 0 Å². The third kappa shape index (κ3) is 15.3. The molecule has 220 valence electrons. The van der Waals surface area contributed by atoms with Gasteiger partial charge < -0.3 is 47.9 Å². The fraction of sp³-hybridized carbons (Fsp3) is 0.926. The van der Waals surface area contributed by atoms with Crippen LogP contribution in [0.1, 0.15) is 105 Å². The van der Waals surface area contributed by atoms with Gasteiger partial charge >= 0.3 is 5.97 Å². The van der Waals surface area contributed by atoms with Crippen LogP contribution in [0.3, 0.4) is 0 Å². The summed E-state index contributed by atoms with van der Waals surface area (Å²) in [4.78, 5) is 25.4. The van der Waals surface area contributed by atoms with Gasteiger partial charge in [-0.1, -0.05) is 66.2 Å². The van der Waals surface area contributed by atoms with E-state index in [1.807, 2.05) is 20.8 Å². The summed E-state index contributed by atoms with van der Waals surface area (Å²) < 4.78 is 17.5. The minimum atomic E-state index is -1.29. The number of halogens is 1. The molecule has 1 fully saturated rings. The molecule has 5 atom stereocenters. The first-order chi connectivity index (χ1) is 17.1. The summed E-state index contributed by atoms with van der Waals surface area (Å²) in [5, 5.41) is 23.5. The third-order valence-electron chi connectivity index (χ3n) is 6.30. The van der Waals surface area contributed by atoms with Gasteiger partial charge in [0.1, 0.15) is 18.2 Å². The maximum Gasteiger partial charge on any atom is 0.306 e. The van der Waals surface area contributed by atoms with Crippen molar-refractivity contribution in [2.45, 2.75) is 135 Å². The van der Waals surface area contributed by atoms with E-state index in [-0.39, 0.29) is 36.6 Å². The average molecular weight is 553 g/mol. The van der Waals surface area contributed by atoms with E-state index in [2.05, 4.69) is 18.0 Å². The van der Waals surface area contributed by atoms with Gasteiger partial charge in [0.25, 0.3) is 0 Å². The highest BCUT2D eigenvalue weighted by Crippen LogP contribution is 2.27. The molecule has 0 saturated carbocycles. The lowest BCUT2D eigenvalue weighted by atomic mass is 9.91. The van der Waals surface area contributed by atoms with E-state index < -0.39 is 43.2 Å². The van der Waals surface area contributed by atoms with Crippen LogP contribution in [0.4, 0.5) is 0 Å². The van der Waals surface area contributed by atoms with Gasteiger partial charge in [-0.25, -0.2) is 0 Å². The zero-order valence-electron chi connectivity index (χ0n) is 23.5. The number of aliphatic hydroxyl groups excluding tert-OH is 2. The second kappa shape index (κ2) is 20.0. The van der Waals surface area contributed by atoms with Gasteiger partial charge in [-0.2, -0.15) is 0 Å². The summed E-state index contributed by atoms with van der Waals surface area (Å²) in [5.74, 6) is -0.700. The Kier molecular flexibility index (Phi) is 19.5. The molecule has 1 amide bonds. The van der Waals surface area contributed by atoms with Crippen molar-refractivity contribution in [3.8, 4) is 0 Å². The zero-order valence-corrected chi connectivity index (χ0v) is 24.3. The first-order valence-electron chi connectivity index (χ1n) is 14.0. The number of hydrogen-bond acceptors (Lipinski definition) is 7. The number of esters is 1. The number of rotatable bonds is 18. The van der Waals surface area contributed by atoms with Crippen molar-refractivity contribution in [2.75, 3.05) is 19.8 Å². The fourth-order valence-electron chi connectivity index (χ4n) is 4.31. The van der Waals surface area contributed by atoms with Crippen LogP contribution >= 0.6 is 0 Å². The SMILES string of the molecule is CCCCCCCCCO[C@@H]1O[C@H](CO)[C@@H](O)[C@H](OC(=O)CCCCC[NH3+])[C@H]1NC(=O)CC(C)(C)C.[Cl-]. The Bertz CT molecular complexity index is 618. The Morgan fingerprint density at radius 2 is 1.62 bits per heavy atom. The van der Waals surface area contributed by atoms with E-state index in [0.717, 1.165) is 38.6 Å². The Labute approximate surface area is 230 Å². The first-order valence-corrected chi connectivity index (χ1v) is 14.0. The topological polar surface area (TPSA) is 142 Å². The van der Waals surface area contributed by atoms with Crippen molar-refractivity contribution in [2.24, 2.45) is 5.41 Å². The summed E-state index contributed by atoms with van der Waals surface area (Å²) in [6.07, 6.45) is 6.50. The van der Waals surface area contributed by atoms with Gasteiger partial charge in [0.05, 0.1) is 13.2 Å². The Morgan fingerprint density at radius 3 is 2.22 bits per heavy atom. The molecule has 0 aromatic carbocycles. The molecule has 0 radical (unpaired) electrons. The second-order valence-corrected chi connectivity index (χ2v) is 11.2. The Balaban J connectivity index is 0.0000130. The number of ether oxygens (including phenoxy) is 3. The molecule has 0 unspecified atom stereocenters. The molecule has 1 saturated heterocycles. The van der Waals surface area contributed by atoms with Crippen molar-refractivity contribution < 1.29 is 52.2 Å². The van der Waals surface area contributed by atoms with Crippen LogP contribution in [0.15, 0.2) is 0 Å². The fourth-order valence-corrected chi connectivity index (χ4v) is 4.31. The van der Waals surface area contributed by atoms with Crippen LogP contribution in [-0.2, 0) is 23.8 Å². The van der Waals surface area contributed by atoms with Crippen molar-refractivity contribution in [3.63, 3.8) is 0 Å². The molecule has 37 heavy (non-hydrogen) atoms. The zero-order chi connectivity index (χ0) is 27.0. The quantitative estimate of drug-likeness (QED) is 0.132. The minimum Gasteiger partial charge on any atom is -1.00 e. The van der Waals surface area contributed by atoms with E-state index in [4.69, 9.17) is 14.2 Å². The monoisotopic (exact) mass is 552 g/mol. The number of carbonyl (C=O) groups excluding carboxylic acids is 2. The van der Waals surface area contributed by atoms with Crippen molar-refractivity contribution >= 4 is 11.9 Å². The van der Waals surface area contributed by atoms with E-state index in [9.17, 15) is 19.8 Å². The predicted molar refractivity (Wildman–Crippen MR) is 138 cm³/mol. The first kappa shape index (κ1) is 36.0. The highest BCUT2D eigenvalue weighted by atomic mass is 35.5. The van der Waals surface area contributed by atoms with Crippen LogP contribution < -0.4 is 23.5 Å². The lowest BCUT2D eigenvalue weighted by Gasteiger charge is -2.44. The molecule has 10 heteroatoms. The number of unbranched alkanes of at least 4 members (excludes halogenated alkanes) is 8. The number of quaternary nitrogens is 1. The molecule has 0 aliphatic carbocycles. The van der Waals surface area contributed by atoms with E-state index >= 15 is 0 Å². The van der Waals surface area contributed by atoms with Gasteiger partial charge in [0.2, 0.25) is 5.91 Å². The molecule has 9 nitrogen and oxygen atoms in total. The molecular formula is C27H53ClN2O7. The van der Waals surface area contributed by atoms with Crippen LogP contribution in [-0.4, -0.2) is 72.5 Å². The van der Waals surface area contributed by atoms with Crippen LogP contribution in [0, 0.1) is 5.41 Å². The van der Waals surface area contributed by atoms with Gasteiger partial charge in [0.15, 0.2) is 12.4 Å². The summed E-state index contributed by atoms with van der Waals surface area (Å²) in [6, 6.07) is -0.883. The third-order valence-corrected chi connectivity index (χ3v) is 6.30. The molecule has 0 spiro atoms. The van der Waals surface area contributed by atoms with Gasteiger partial charge in [-0.15, -0.1) is 0 Å². The van der Waals surface area contributed by atoms with Crippen LogP contribution in [0.25, 0.3) is 0 Å². The number of amides is 1. The van der Waals surface area contributed by atoms with E-state index in [0.29, 0.717) is 13.0 Å². The molecule has 1 heterocycles. The van der Waals surface area contributed by atoms with Crippen LogP contribution in [0.2, 0.25) is 0 Å². The van der Waals surface area contributed by atoms with Crippen molar-refractivity contribution in [3.05, 3.63) is 0 Å². The normalized spacial score (nSPS) is 23.8. The number of carbonyl (C=O) groups is 2. The molecule has 1 aliphatic rings. The number of hydrogen-bond donors (Lipinski definition) is 4. The largest absolute Gasteiger partial charge is 1.00 e. The lowest BCUT2D eigenvalue weighted by Crippen LogP contribution is -3.00. The standard InChI is InChI=1S/C27H52N2O7.ClH/c1-5-6-7-8-9-10-14-17-34-26-23(29-21(31)18-27(2,3)4)25(24(33)20(19-30)35-26)36-22(32)15-12-11-13-16-28;/h20,23-26,30,33H,5-19,28H2,1-4H3,(H,29,31);1H/t20-,23-,24-,25-,26-;/m1./s1. The van der Waals surface area contributed by atoms with E-state index in [1.165, 1.54) is 25.7 Å². The Hall–Kier alpha value is -0.970. The number of aliphatic hydroxyl groups is 2. The molecule has 0 aromatic heterocycles. The van der Waals surface area contributed by atoms with Gasteiger partial charge in [-0.3, -0.25) is 9.59 Å². The van der Waals surface area contributed by atoms with Crippen LogP contribution in [0.5, 0.6) is 0 Å². The predicted octanol–water partition coefficient (Wildman–Crippen LogP) is -0.529. The second-order valence-electron chi connectivity index (χ2n) is 11.2. The molecule has 6 N–H and O–H groups in total.